The van der Waals surface area contributed by atoms with Gasteiger partial charge in [-0.3, -0.25) is 29.1 Å². The van der Waals surface area contributed by atoms with Crippen molar-refractivity contribution in [2.75, 3.05) is 52.9 Å². The highest BCUT2D eigenvalue weighted by molar-refractivity contribution is 6.02. The Bertz CT molecular complexity index is 6340. The van der Waals surface area contributed by atoms with Crippen LogP contribution in [0.5, 0.6) is 0 Å². The molecule has 4 saturated heterocycles. The number of amides is 4. The molecule has 688 valence electrons. The SMILES string of the molecule is CC1(O)COCCC1(NC(=O)c1cnn2cc(C3CC3)cnc12)c1ccc(C(F)(F)F)cc1F.Cc1cnc2c(C(=O)NC3(c4ccc(C(F)(F)F)cc4F)CCOCC3(C)O)cnn2c1.Cc1cnc2c(C(=O)NC3(c4ncc(C(F)(F)F)cc4F)CCOCC3O)cnn2c1.O=C(NC1(c2ncc(C(F)(F)F)cc2F)CCOCC1O)c1cnn2cc(C3CC3)cnc12. The molecule has 0 spiro atoms. The fourth-order valence-corrected chi connectivity index (χ4v) is 16.2. The van der Waals surface area contributed by atoms with Gasteiger partial charge in [0.15, 0.2) is 22.6 Å². The van der Waals surface area contributed by atoms with E-state index in [0.717, 1.165) is 72.2 Å². The topological polar surface area (TPSA) is 381 Å². The number of carbonyl (C=O) groups excluding carboxylic acids is 4. The Labute approximate surface area is 723 Å². The van der Waals surface area contributed by atoms with E-state index >= 15 is 8.78 Å². The van der Waals surface area contributed by atoms with E-state index in [1.807, 2.05) is 0 Å². The van der Waals surface area contributed by atoms with Gasteiger partial charge in [-0.05, 0) is 124 Å². The molecule has 6 aliphatic rings. The fraction of sp³-hybridized carbons (Fsp3) is 0.405. The molecular formula is C84H78F16N18O12. The van der Waals surface area contributed by atoms with Crippen LogP contribution >= 0.6 is 0 Å². The van der Waals surface area contributed by atoms with Gasteiger partial charge in [0, 0.05) is 125 Å². The number of nitrogens with zero attached hydrogens (tertiary/aromatic N) is 14. The minimum absolute atomic E-state index is 0.0195. The second-order valence-corrected chi connectivity index (χ2v) is 32.8. The Morgan fingerprint density at radius 2 is 0.700 bits per heavy atom. The lowest BCUT2D eigenvalue weighted by Gasteiger charge is -2.49. The molecule has 2 aromatic carbocycles. The molecule has 10 aromatic heterocycles. The first kappa shape index (κ1) is 92.4. The lowest BCUT2D eigenvalue weighted by atomic mass is 9.71. The lowest BCUT2D eigenvalue weighted by molar-refractivity contribution is -0.141. The summed E-state index contributed by atoms with van der Waals surface area (Å²) in [4.78, 5) is 77.2. The number of aromatic nitrogens is 14. The number of aryl methyl sites for hydroxylation is 2. The van der Waals surface area contributed by atoms with Gasteiger partial charge in [0.25, 0.3) is 23.6 Å². The number of hydrogen-bond donors (Lipinski definition) is 8. The number of pyridine rings is 2. The number of alkyl halides is 12. The number of hydrogen-bond acceptors (Lipinski definition) is 22. The second kappa shape index (κ2) is 34.8. The summed E-state index contributed by atoms with van der Waals surface area (Å²) in [6, 6.07) is 4.66. The molecule has 8 atom stereocenters. The third-order valence-electron chi connectivity index (χ3n) is 23.6. The average Bonchev–Trinajstić information content (AvgIpc) is 1.61. The first-order valence-electron chi connectivity index (χ1n) is 40.2. The first-order chi connectivity index (χ1) is 61.3. The van der Waals surface area contributed by atoms with E-state index in [1.54, 1.807) is 57.2 Å². The van der Waals surface area contributed by atoms with E-state index < -0.39 is 151 Å². The van der Waals surface area contributed by atoms with E-state index in [9.17, 15) is 101 Å². The molecule has 0 radical (unpaired) electrons. The van der Waals surface area contributed by atoms with E-state index in [1.165, 1.54) is 62.9 Å². The maximum absolute atomic E-state index is 15.1. The molecule has 4 amide bonds. The molecule has 8 N–H and O–H groups in total. The van der Waals surface area contributed by atoms with E-state index in [0.29, 0.717) is 42.4 Å². The summed E-state index contributed by atoms with van der Waals surface area (Å²) in [6.07, 6.45) is 1.36. The van der Waals surface area contributed by atoms with Gasteiger partial charge in [-0.15, -0.1) is 0 Å². The third kappa shape index (κ3) is 18.1. The smallest absolute Gasteiger partial charge is 0.388 e. The minimum Gasteiger partial charge on any atom is -0.388 e. The number of fused-ring (bicyclic) bond motifs is 4. The van der Waals surface area contributed by atoms with Crippen molar-refractivity contribution in [3.05, 3.63) is 248 Å². The summed E-state index contributed by atoms with van der Waals surface area (Å²) < 4.78 is 243. The summed E-state index contributed by atoms with van der Waals surface area (Å²) in [5.74, 6) is -6.99. The summed E-state index contributed by atoms with van der Waals surface area (Å²) in [6.45, 7) is 5.36. The Morgan fingerprint density at radius 3 is 1.00 bits per heavy atom. The molecule has 0 bridgehead atoms. The van der Waals surface area contributed by atoms with Crippen LogP contribution in [0.4, 0.5) is 70.2 Å². The van der Waals surface area contributed by atoms with Gasteiger partial charge in [-0.2, -0.15) is 73.1 Å². The van der Waals surface area contributed by atoms with Gasteiger partial charge in [-0.25, -0.2) is 55.6 Å². The fourth-order valence-electron chi connectivity index (χ4n) is 16.2. The van der Waals surface area contributed by atoms with E-state index in [4.69, 9.17) is 18.9 Å². The Balaban J connectivity index is 0.000000133. The van der Waals surface area contributed by atoms with Gasteiger partial charge >= 0.3 is 24.7 Å². The number of halogens is 16. The van der Waals surface area contributed by atoms with E-state index in [-0.39, 0.29) is 141 Å². The molecule has 18 rings (SSSR count). The second-order valence-electron chi connectivity index (χ2n) is 32.8. The summed E-state index contributed by atoms with van der Waals surface area (Å²) in [7, 11) is 0. The molecule has 6 fully saturated rings. The summed E-state index contributed by atoms with van der Waals surface area (Å²) in [5, 5.41) is 70.6. The molecule has 12 aromatic rings. The average molecular weight is 1840 g/mol. The van der Waals surface area contributed by atoms with Crippen LogP contribution in [-0.4, -0.2) is 189 Å². The van der Waals surface area contributed by atoms with Gasteiger partial charge in [0.05, 0.1) is 73.5 Å². The van der Waals surface area contributed by atoms with Crippen LogP contribution in [0.1, 0.15) is 186 Å². The van der Waals surface area contributed by atoms with Crippen LogP contribution in [0.25, 0.3) is 22.6 Å². The number of aliphatic hydroxyl groups is 4. The van der Waals surface area contributed by atoms with Crippen molar-refractivity contribution in [3.63, 3.8) is 0 Å². The number of aliphatic hydroxyl groups excluding tert-OH is 2. The van der Waals surface area contributed by atoms with Crippen LogP contribution in [0.3, 0.4) is 0 Å². The molecule has 30 nitrogen and oxygen atoms in total. The van der Waals surface area contributed by atoms with Crippen LogP contribution in [0.15, 0.2) is 135 Å². The van der Waals surface area contributed by atoms with Crippen LogP contribution < -0.4 is 21.3 Å². The minimum atomic E-state index is -4.79. The normalized spacial score (nSPS) is 23.8. The Morgan fingerprint density at radius 1 is 0.392 bits per heavy atom. The number of rotatable bonds is 14. The van der Waals surface area contributed by atoms with Crippen molar-refractivity contribution < 1.29 is 129 Å². The number of benzene rings is 2. The van der Waals surface area contributed by atoms with Crippen LogP contribution in [-0.2, 0) is 65.8 Å². The number of ether oxygens (including phenoxy) is 4. The van der Waals surface area contributed by atoms with Crippen molar-refractivity contribution in [3.8, 4) is 0 Å². The van der Waals surface area contributed by atoms with Crippen molar-refractivity contribution in [1.29, 1.82) is 0 Å². The van der Waals surface area contributed by atoms with Crippen LogP contribution in [0, 0.1) is 37.1 Å². The van der Waals surface area contributed by atoms with E-state index in [2.05, 4.69) is 71.6 Å². The Hall–Kier alpha value is -12.3. The van der Waals surface area contributed by atoms with Gasteiger partial charge in [0.2, 0.25) is 0 Å². The summed E-state index contributed by atoms with van der Waals surface area (Å²) in [5.41, 5.74) is -12.3. The Kier molecular flexibility index (Phi) is 24.8. The monoisotopic (exact) mass is 1830 g/mol. The van der Waals surface area contributed by atoms with Crippen LogP contribution in [0.2, 0.25) is 0 Å². The highest BCUT2D eigenvalue weighted by Gasteiger charge is 2.57. The van der Waals surface area contributed by atoms with Gasteiger partial charge in [-0.1, -0.05) is 12.1 Å². The molecule has 2 aliphatic carbocycles. The molecule has 46 heteroatoms. The summed E-state index contributed by atoms with van der Waals surface area (Å²) >= 11 is 0. The predicted octanol–water partition coefficient (Wildman–Crippen LogP) is 11.1. The quantitative estimate of drug-likeness (QED) is 0.0469. The first-order valence-corrected chi connectivity index (χ1v) is 40.2. The zero-order valence-electron chi connectivity index (χ0n) is 68.7. The van der Waals surface area contributed by atoms with Crippen molar-refractivity contribution in [2.24, 2.45) is 0 Å². The van der Waals surface area contributed by atoms with Crippen molar-refractivity contribution in [1.82, 2.24) is 89.6 Å². The number of carbonyl (C=O) groups is 4. The molecule has 4 aliphatic heterocycles. The maximum Gasteiger partial charge on any atom is 0.417 e. The van der Waals surface area contributed by atoms with Gasteiger partial charge in [0.1, 0.15) is 102 Å². The highest BCUT2D eigenvalue weighted by atomic mass is 19.4. The third-order valence-corrected chi connectivity index (χ3v) is 23.6. The highest BCUT2D eigenvalue weighted by Crippen LogP contribution is 2.48. The predicted molar refractivity (Wildman–Crippen MR) is 418 cm³/mol. The largest absolute Gasteiger partial charge is 0.417 e. The lowest BCUT2D eigenvalue weighted by Crippen LogP contribution is -2.65. The van der Waals surface area contributed by atoms with Gasteiger partial charge < -0.3 is 60.6 Å². The van der Waals surface area contributed by atoms with Crippen molar-refractivity contribution in [2.45, 2.75) is 161 Å². The molecular weight excluding hydrogens is 1760 g/mol. The molecule has 8 unspecified atom stereocenters. The van der Waals surface area contributed by atoms with Crippen molar-refractivity contribution >= 4 is 46.2 Å². The zero-order chi connectivity index (χ0) is 93.4. The molecule has 2 saturated carbocycles. The standard InChI is InChI=1S/C23H22F4N4O3.C21H19F4N5O3.C21H20F4N4O3.C19H17F4N5O3/c1-21(33)12-34-7-6-22(21,17-5-4-15(8-18(17)24)23(25,26)27)30-20(32)16-10-29-31-11-14(13-2-3-13)9-28-19(16)31;22-15-5-13(21(23,24)25)7-26-17(15)20(3-4-33-10-16(20)31)29-19(32)14-8-28-30-9-12(11-1-2-11)6-27-18(14)30;1-12-8-26-17-14(9-27-29(17)10-12)18(30)28-20(5-6-32-11-19(20,2)31)15-4-3-13(7-16(15)22)21(23,24)25;1-10-5-25-16-12(7-26-28(16)8-10)17(30)27-18(2-3-31-9-14(18)29)15-13(20)4-11(6-24-15)19(21,22)23/h4-5,8-11,13,33H,2-3,6-7,12H2,1H3,(H,30,32);5-9,11,16,31H,1-4,10H2,(H,29,32);3-4,7-10,31H,5-6,11H2,1-2H3,(H,28,30);4-8,14,29H,2-3,9H2,1H3,(H,27,30). The zero-order valence-corrected chi connectivity index (χ0v) is 68.7. The molecule has 130 heavy (non-hydrogen) atoms. The maximum atomic E-state index is 15.1. The molecule has 14 heterocycles. The number of nitrogens with one attached hydrogen (secondary N) is 4.